The Bertz CT molecular complexity index is 2040. The molecule has 0 aliphatic carbocycles. The van der Waals surface area contributed by atoms with Crippen LogP contribution in [0.15, 0.2) is 49.1 Å². The van der Waals surface area contributed by atoms with Crippen molar-refractivity contribution in [2.24, 2.45) is 14.1 Å². The molecule has 0 amide bonds. The van der Waals surface area contributed by atoms with Crippen molar-refractivity contribution in [3.05, 3.63) is 83.0 Å². The van der Waals surface area contributed by atoms with Crippen LogP contribution in [0.3, 0.4) is 0 Å². The minimum atomic E-state index is -4.86. The van der Waals surface area contributed by atoms with E-state index in [1.54, 1.807) is 35.6 Å². The Hall–Kier alpha value is -4.88. The maximum absolute atomic E-state index is 14.7. The van der Waals surface area contributed by atoms with Crippen LogP contribution in [0.1, 0.15) is 33.9 Å². The van der Waals surface area contributed by atoms with Gasteiger partial charge in [0.15, 0.2) is 0 Å². The second kappa shape index (κ2) is 10.6. The molecule has 7 rings (SSSR count). The third kappa shape index (κ3) is 5.07. The molecule has 2 aliphatic rings. The summed E-state index contributed by atoms with van der Waals surface area (Å²) in [4.78, 5) is 25.8. The van der Waals surface area contributed by atoms with Gasteiger partial charge < -0.3 is 19.1 Å². The Morgan fingerprint density at radius 2 is 0.911 bits per heavy atom. The van der Waals surface area contributed by atoms with Crippen LogP contribution in [0.2, 0.25) is 0 Å². The van der Waals surface area contributed by atoms with Gasteiger partial charge >= 0.3 is 29.4 Å². The Kier molecular flexibility index (Phi) is 7.13. The van der Waals surface area contributed by atoms with Crippen molar-refractivity contribution in [3.8, 4) is 22.8 Å². The molecule has 227 valence electrons. The van der Waals surface area contributed by atoms with E-state index in [-0.39, 0.29) is 62.3 Å². The van der Waals surface area contributed by atoms with E-state index in [0.717, 1.165) is 0 Å². The largest absolute Gasteiger partial charge is 2.00 e. The van der Waals surface area contributed by atoms with Crippen LogP contribution in [-0.2, 0) is 43.5 Å². The van der Waals surface area contributed by atoms with E-state index in [0.29, 0.717) is 0 Å². The average molecular weight is 659 g/mol. The zero-order chi connectivity index (χ0) is 31.0. The summed E-state index contributed by atoms with van der Waals surface area (Å²) in [6.07, 6.45) is 1.47. The third-order valence-corrected chi connectivity index (χ3v) is 7.27. The van der Waals surface area contributed by atoms with Crippen LogP contribution in [0.5, 0.6) is 0 Å². The molecule has 0 unspecified atom stereocenters. The van der Waals surface area contributed by atoms with Gasteiger partial charge in [-0.05, 0) is 24.3 Å². The Labute approximate surface area is 260 Å². The fourth-order valence-corrected chi connectivity index (χ4v) is 5.34. The SMILES string of the molecule is Cn1ccnc1-c1c2nc(c(C(F)(F)F)c3ccc([n-]3)c(-c3nccn3C)c3nc(c(C(F)(F)F)c4ccc1[n-]4)C=C3)C=C2.[Mn+2]. The van der Waals surface area contributed by atoms with E-state index in [1.165, 1.54) is 61.0 Å². The molecule has 0 saturated heterocycles. The van der Waals surface area contributed by atoms with Gasteiger partial charge in [0.05, 0.1) is 33.9 Å². The van der Waals surface area contributed by atoms with Gasteiger partial charge in [-0.1, -0.05) is 24.3 Å². The summed E-state index contributed by atoms with van der Waals surface area (Å²) in [7, 11) is 3.28. The van der Waals surface area contributed by atoms with Gasteiger partial charge in [-0.2, -0.15) is 26.3 Å². The van der Waals surface area contributed by atoms with Crippen LogP contribution >= 0.6 is 0 Å². The molecule has 5 aromatic rings. The summed E-state index contributed by atoms with van der Waals surface area (Å²) in [5.74, 6) is 0.499. The standard InChI is InChI=1S/C30H18F6N8.Mn/c1-43-13-11-37-27(43)23-15-3-7-19(39-15)25(29(31,32)33)21-9-5-17(41-21)24(28-38-12-14-44(28)2)18-6-10-22(42-18)26(30(34,35)36)20-8-4-16(23)40-20;/h3-14H,1-2H3;/q-2;+2. The maximum atomic E-state index is 14.7. The van der Waals surface area contributed by atoms with Crippen LogP contribution in [0.4, 0.5) is 26.3 Å². The molecule has 0 atom stereocenters. The molecule has 5 aromatic heterocycles. The zero-order valence-corrected chi connectivity index (χ0v) is 24.3. The first-order valence-corrected chi connectivity index (χ1v) is 13.1. The van der Waals surface area contributed by atoms with Crippen molar-refractivity contribution in [3.63, 3.8) is 0 Å². The van der Waals surface area contributed by atoms with Crippen LogP contribution in [0, 0.1) is 0 Å². The number of rotatable bonds is 2. The normalized spacial score (nSPS) is 13.0. The fourth-order valence-electron chi connectivity index (χ4n) is 5.34. The molecule has 0 N–H and O–H groups in total. The fraction of sp³-hybridized carbons (Fsp3) is 0.133. The van der Waals surface area contributed by atoms with E-state index >= 15 is 0 Å². The maximum Gasteiger partial charge on any atom is 2.00 e. The molecule has 0 fully saturated rings. The minimum Gasteiger partial charge on any atom is -0.657 e. The molecule has 8 bridgehead atoms. The summed E-state index contributed by atoms with van der Waals surface area (Å²) < 4.78 is 91.1. The van der Waals surface area contributed by atoms with Crippen molar-refractivity contribution < 1.29 is 43.4 Å². The molecule has 0 aromatic carbocycles. The molecule has 0 spiro atoms. The minimum absolute atomic E-state index is 0. The average Bonchev–Trinajstić information content (AvgIpc) is 3.76. The van der Waals surface area contributed by atoms with Gasteiger partial charge in [0.25, 0.3) is 0 Å². The van der Waals surface area contributed by atoms with Crippen molar-refractivity contribution in [1.29, 1.82) is 0 Å². The van der Waals surface area contributed by atoms with Crippen molar-refractivity contribution in [1.82, 2.24) is 39.0 Å². The first-order valence-electron chi connectivity index (χ1n) is 13.1. The summed E-state index contributed by atoms with van der Waals surface area (Å²) in [5, 5.41) is 0. The summed E-state index contributed by atoms with van der Waals surface area (Å²) >= 11 is 0. The van der Waals surface area contributed by atoms with Crippen LogP contribution in [0.25, 0.3) is 69.1 Å². The number of imidazole rings is 2. The molecule has 0 saturated carbocycles. The van der Waals surface area contributed by atoms with E-state index in [9.17, 15) is 26.3 Å². The monoisotopic (exact) mass is 659 g/mol. The van der Waals surface area contributed by atoms with Crippen molar-refractivity contribution >= 4 is 46.4 Å². The Morgan fingerprint density at radius 3 is 1.24 bits per heavy atom. The zero-order valence-electron chi connectivity index (χ0n) is 23.2. The summed E-state index contributed by atoms with van der Waals surface area (Å²) in [5.41, 5.74) is -3.36. The number of hydrogen-bond donors (Lipinski definition) is 0. The Morgan fingerprint density at radius 1 is 0.556 bits per heavy atom. The predicted octanol–water partition coefficient (Wildman–Crippen LogP) is 6.75. The number of fused-ring (bicyclic) bond motifs is 8. The van der Waals surface area contributed by atoms with E-state index in [2.05, 4.69) is 29.9 Å². The second-order valence-electron chi connectivity index (χ2n) is 10.1. The molecule has 8 nitrogen and oxygen atoms in total. The molecule has 15 heteroatoms. The molecular formula is C30H18F6MnN8. The number of halogens is 6. The smallest absolute Gasteiger partial charge is 0.657 e. The van der Waals surface area contributed by atoms with Gasteiger partial charge in [0.1, 0.15) is 11.6 Å². The number of nitrogens with zero attached hydrogens (tertiary/aromatic N) is 8. The van der Waals surface area contributed by atoms with Gasteiger partial charge in [0.2, 0.25) is 0 Å². The Balaban J connectivity index is 0.00000357. The van der Waals surface area contributed by atoms with Crippen molar-refractivity contribution in [2.45, 2.75) is 12.4 Å². The van der Waals surface area contributed by atoms with E-state index < -0.39 is 45.9 Å². The quantitative estimate of drug-likeness (QED) is 0.151. The summed E-state index contributed by atoms with van der Waals surface area (Å²) in [6, 6.07) is 5.09. The molecule has 45 heavy (non-hydrogen) atoms. The summed E-state index contributed by atoms with van der Waals surface area (Å²) in [6.45, 7) is 0. The third-order valence-electron chi connectivity index (χ3n) is 7.27. The van der Waals surface area contributed by atoms with Crippen LogP contribution in [-0.4, -0.2) is 29.1 Å². The van der Waals surface area contributed by atoms with Crippen molar-refractivity contribution in [2.75, 3.05) is 0 Å². The van der Waals surface area contributed by atoms with E-state index in [1.807, 2.05) is 0 Å². The van der Waals surface area contributed by atoms with Gasteiger partial charge in [-0.25, -0.2) is 19.9 Å². The number of aromatic nitrogens is 8. The van der Waals surface area contributed by atoms with Gasteiger partial charge in [-0.3, -0.25) is 0 Å². The first kappa shape index (κ1) is 30.2. The molecule has 2 aliphatic heterocycles. The van der Waals surface area contributed by atoms with E-state index in [4.69, 9.17) is 0 Å². The topological polar surface area (TPSA) is 89.6 Å². The molecule has 7 heterocycles. The number of aryl methyl sites for hydroxylation is 2. The number of alkyl halides is 6. The van der Waals surface area contributed by atoms with Crippen LogP contribution < -0.4 is 9.97 Å². The second-order valence-corrected chi connectivity index (χ2v) is 10.1. The van der Waals surface area contributed by atoms with Gasteiger partial charge in [-0.15, -0.1) is 22.1 Å². The number of hydrogen-bond acceptors (Lipinski definition) is 4. The molecular weight excluding hydrogens is 641 g/mol. The predicted molar refractivity (Wildman–Crippen MR) is 151 cm³/mol. The van der Waals surface area contributed by atoms with Gasteiger partial charge in [0, 0.05) is 50.0 Å². The molecule has 1 radical (unpaired) electrons. The first-order chi connectivity index (χ1) is 20.9.